The molecule has 0 N–H and O–H groups in total. The molecule has 0 saturated carbocycles. The van der Waals surface area contributed by atoms with Crippen molar-refractivity contribution in [3.8, 4) is 56.8 Å². The Bertz CT molecular complexity index is 1920. The van der Waals surface area contributed by atoms with Gasteiger partial charge in [0.2, 0.25) is 11.5 Å². The van der Waals surface area contributed by atoms with Crippen LogP contribution in [0.25, 0.3) is 22.3 Å². The summed E-state index contributed by atoms with van der Waals surface area (Å²) in [6, 6.07) is 20.6. The molecule has 2 aromatic heterocycles. The first-order valence-electron chi connectivity index (χ1n) is 17.1. The topological polar surface area (TPSA) is 87.6 Å². The van der Waals surface area contributed by atoms with E-state index in [0.717, 1.165) is 71.5 Å². The van der Waals surface area contributed by atoms with Crippen LogP contribution in [0.4, 0.5) is 5.69 Å². The van der Waals surface area contributed by atoms with E-state index in [2.05, 4.69) is 44.0 Å². The normalized spacial score (nSPS) is 13.4. The van der Waals surface area contributed by atoms with Gasteiger partial charge in [-0.1, -0.05) is 11.6 Å². The van der Waals surface area contributed by atoms with Crippen molar-refractivity contribution >= 4 is 17.3 Å². The van der Waals surface area contributed by atoms with Crippen molar-refractivity contribution in [3.05, 3.63) is 102 Å². The fourth-order valence-corrected chi connectivity index (χ4v) is 6.99. The second kappa shape index (κ2) is 16.9. The molecule has 10 nitrogen and oxygen atoms in total. The van der Waals surface area contributed by atoms with Crippen LogP contribution in [0.15, 0.2) is 85.5 Å². The van der Waals surface area contributed by atoms with Gasteiger partial charge in [-0.15, -0.1) is 0 Å². The molecule has 0 spiro atoms. The number of benzene rings is 3. The van der Waals surface area contributed by atoms with Crippen LogP contribution in [0.1, 0.15) is 24.0 Å². The van der Waals surface area contributed by atoms with Crippen LogP contribution in [-0.4, -0.2) is 76.7 Å². The predicted octanol–water partition coefficient (Wildman–Crippen LogP) is 8.19. The molecule has 52 heavy (non-hydrogen) atoms. The highest BCUT2D eigenvalue weighted by Crippen LogP contribution is 2.42. The zero-order chi connectivity index (χ0) is 36.6. The van der Waals surface area contributed by atoms with E-state index in [1.54, 1.807) is 42.7 Å². The Balaban J connectivity index is 1.19. The number of likely N-dealkylation sites (tertiary alicyclic amines) is 1. The lowest BCUT2D eigenvalue weighted by molar-refractivity contribution is 0.200. The first-order valence-corrected chi connectivity index (χ1v) is 17.5. The van der Waals surface area contributed by atoms with Crippen molar-refractivity contribution in [2.45, 2.75) is 32.0 Å². The van der Waals surface area contributed by atoms with Gasteiger partial charge in [0, 0.05) is 78.8 Å². The predicted molar refractivity (Wildman–Crippen MR) is 205 cm³/mol. The van der Waals surface area contributed by atoms with Crippen LogP contribution in [0.2, 0.25) is 5.02 Å². The van der Waals surface area contributed by atoms with Crippen molar-refractivity contribution in [1.29, 1.82) is 0 Å². The second-order valence-corrected chi connectivity index (χ2v) is 13.0. The van der Waals surface area contributed by atoms with Gasteiger partial charge in [-0.2, -0.15) is 0 Å². The van der Waals surface area contributed by atoms with Gasteiger partial charge in [-0.3, -0.25) is 14.9 Å². The molecule has 11 heteroatoms. The van der Waals surface area contributed by atoms with Crippen molar-refractivity contribution in [3.63, 3.8) is 0 Å². The van der Waals surface area contributed by atoms with Gasteiger partial charge in [0.1, 0.15) is 0 Å². The Labute approximate surface area is 310 Å². The summed E-state index contributed by atoms with van der Waals surface area (Å²) >= 11 is 6.32. The van der Waals surface area contributed by atoms with E-state index in [9.17, 15) is 0 Å². The molecule has 0 unspecified atom stereocenters. The molecule has 0 bridgehead atoms. The van der Waals surface area contributed by atoms with Gasteiger partial charge >= 0.3 is 0 Å². The quantitative estimate of drug-likeness (QED) is 0.112. The molecule has 1 fully saturated rings. The third-order valence-corrected chi connectivity index (χ3v) is 9.75. The lowest BCUT2D eigenvalue weighted by atomic mass is 9.99. The smallest absolute Gasteiger partial charge is 0.203 e. The Kier molecular flexibility index (Phi) is 11.9. The van der Waals surface area contributed by atoms with Crippen LogP contribution >= 0.6 is 11.6 Å². The highest BCUT2D eigenvalue weighted by molar-refractivity contribution is 6.30. The molecule has 6 rings (SSSR count). The standard InChI is InChI=1S/C41H45ClN4O6/c1-47-36-17-29(18-37(48-2)40(36)51-5)31-15-27(21-43-23-31)25-45-13-11-35(12-14-45)46(34-9-7-33(42)8-10-34)26-28-16-32(24-44-22-28)30-19-38(49-3)41(52-6)39(20-30)50-4/h7-10,15-24,35H,11-14,25-26H2,1-6H3. The monoisotopic (exact) mass is 724 g/mol. The SMILES string of the molecule is COc1cc(-c2cncc(CN3CCC(N(Cc4cncc(-c5cc(OC)c(OC)c(OC)c5)c4)c4ccc(Cl)cc4)CC3)c2)cc(OC)c1OC. The Morgan fingerprint density at radius 2 is 1.06 bits per heavy atom. The summed E-state index contributed by atoms with van der Waals surface area (Å²) < 4.78 is 33.5. The first-order chi connectivity index (χ1) is 25.4. The number of rotatable bonds is 14. The second-order valence-electron chi connectivity index (χ2n) is 12.6. The number of nitrogens with zero attached hydrogens (tertiary/aromatic N) is 4. The van der Waals surface area contributed by atoms with Crippen molar-refractivity contribution < 1.29 is 28.4 Å². The van der Waals surface area contributed by atoms with E-state index in [1.807, 2.05) is 61.2 Å². The number of methoxy groups -OCH3 is 6. The van der Waals surface area contributed by atoms with Gasteiger partial charge < -0.3 is 33.3 Å². The average molecular weight is 725 g/mol. The van der Waals surface area contributed by atoms with Gasteiger partial charge in [-0.25, -0.2) is 0 Å². The van der Waals surface area contributed by atoms with Gasteiger partial charge in [0.15, 0.2) is 23.0 Å². The molecular weight excluding hydrogens is 680 g/mol. The fourth-order valence-electron chi connectivity index (χ4n) is 6.87. The molecule has 5 aromatic rings. The summed E-state index contributed by atoms with van der Waals surface area (Å²) in [6.45, 7) is 3.40. The van der Waals surface area contributed by atoms with Crippen molar-refractivity contribution in [2.75, 3.05) is 60.6 Å². The van der Waals surface area contributed by atoms with E-state index in [1.165, 1.54) is 0 Å². The number of anilines is 1. The highest BCUT2D eigenvalue weighted by atomic mass is 35.5. The zero-order valence-corrected chi connectivity index (χ0v) is 31.3. The summed E-state index contributed by atoms with van der Waals surface area (Å²) in [6.07, 6.45) is 9.62. The number of hydrogen-bond acceptors (Lipinski definition) is 10. The molecule has 3 aromatic carbocycles. The number of ether oxygens (including phenoxy) is 6. The molecule has 0 amide bonds. The number of pyridine rings is 2. The third-order valence-electron chi connectivity index (χ3n) is 9.50. The summed E-state index contributed by atoms with van der Waals surface area (Å²) in [7, 11) is 9.70. The highest BCUT2D eigenvalue weighted by Gasteiger charge is 2.26. The molecule has 0 radical (unpaired) electrons. The minimum Gasteiger partial charge on any atom is -0.493 e. The van der Waals surface area contributed by atoms with Gasteiger partial charge in [0.05, 0.1) is 42.7 Å². The summed E-state index contributed by atoms with van der Waals surface area (Å²) in [5.41, 5.74) is 7.20. The van der Waals surface area contributed by atoms with Crippen molar-refractivity contribution in [2.24, 2.45) is 0 Å². The van der Waals surface area contributed by atoms with Crippen LogP contribution < -0.4 is 33.3 Å². The van der Waals surface area contributed by atoms with Gasteiger partial charge in [0.25, 0.3) is 0 Å². The Hall–Kier alpha value is -5.19. The van der Waals surface area contributed by atoms with Crippen molar-refractivity contribution in [1.82, 2.24) is 14.9 Å². The Morgan fingerprint density at radius 1 is 0.596 bits per heavy atom. The van der Waals surface area contributed by atoms with E-state index >= 15 is 0 Å². The van der Waals surface area contributed by atoms with Crippen LogP contribution in [0.3, 0.4) is 0 Å². The number of halogens is 1. The minimum atomic E-state index is 0.325. The molecule has 3 heterocycles. The molecule has 272 valence electrons. The number of piperidine rings is 1. The lowest BCUT2D eigenvalue weighted by Crippen LogP contribution is -2.44. The zero-order valence-electron chi connectivity index (χ0n) is 30.5. The average Bonchev–Trinajstić information content (AvgIpc) is 3.19. The summed E-state index contributed by atoms with van der Waals surface area (Å²) in [5, 5.41) is 0.715. The van der Waals surface area contributed by atoms with E-state index in [-0.39, 0.29) is 0 Å². The maximum atomic E-state index is 6.32. The maximum absolute atomic E-state index is 6.32. The fraction of sp³-hybridized carbons (Fsp3) is 0.317. The molecule has 0 atom stereocenters. The molecule has 1 aliphatic heterocycles. The van der Waals surface area contributed by atoms with Gasteiger partial charge in [-0.05, 0) is 95.8 Å². The number of aromatic nitrogens is 2. The minimum absolute atomic E-state index is 0.325. The van der Waals surface area contributed by atoms with E-state index in [4.69, 9.17) is 40.0 Å². The van der Waals surface area contributed by atoms with Crippen LogP contribution in [-0.2, 0) is 13.1 Å². The maximum Gasteiger partial charge on any atom is 0.203 e. The van der Waals surface area contributed by atoms with E-state index in [0.29, 0.717) is 52.1 Å². The lowest BCUT2D eigenvalue weighted by Gasteiger charge is -2.40. The molecule has 0 aliphatic carbocycles. The first kappa shape index (κ1) is 36.6. The van der Waals surface area contributed by atoms with Crippen LogP contribution in [0, 0.1) is 0 Å². The Morgan fingerprint density at radius 3 is 1.52 bits per heavy atom. The molecule has 1 aliphatic rings. The number of hydrogen-bond donors (Lipinski definition) is 0. The largest absolute Gasteiger partial charge is 0.493 e. The van der Waals surface area contributed by atoms with E-state index < -0.39 is 0 Å². The summed E-state index contributed by atoms with van der Waals surface area (Å²) in [4.78, 5) is 14.2. The summed E-state index contributed by atoms with van der Waals surface area (Å²) in [5.74, 6) is 3.54. The molecule has 1 saturated heterocycles. The third kappa shape index (κ3) is 8.14. The van der Waals surface area contributed by atoms with Crippen LogP contribution in [0.5, 0.6) is 34.5 Å². The molecular formula is C41H45ClN4O6.